The number of likely N-dealkylation sites (tertiary alicyclic amines) is 1. The van der Waals surface area contributed by atoms with E-state index in [2.05, 4.69) is 24.1 Å². The Kier molecular flexibility index (Phi) is 3.44. The van der Waals surface area contributed by atoms with Gasteiger partial charge in [-0.1, -0.05) is 0 Å². The molecule has 2 fully saturated rings. The van der Waals surface area contributed by atoms with E-state index in [4.69, 9.17) is 0 Å². The number of benzene rings is 1. The van der Waals surface area contributed by atoms with Gasteiger partial charge in [0.1, 0.15) is 0 Å². The molecule has 4 nitrogen and oxygen atoms in total. The summed E-state index contributed by atoms with van der Waals surface area (Å²) in [5.74, 6) is 1.34. The molecule has 4 heteroatoms. The quantitative estimate of drug-likeness (QED) is 0.901. The lowest BCUT2D eigenvalue weighted by Crippen LogP contribution is -2.47. The fraction of sp³-hybridized carbons (Fsp3) is 0.588. The van der Waals surface area contributed by atoms with E-state index >= 15 is 0 Å². The first-order valence-electron chi connectivity index (χ1n) is 7.71. The minimum Gasteiger partial charge on any atom is -0.378 e. The van der Waals surface area contributed by atoms with Gasteiger partial charge in [0, 0.05) is 50.5 Å². The van der Waals surface area contributed by atoms with Gasteiger partial charge in [0.25, 0.3) is 5.91 Å². The average Bonchev–Trinajstić information content (AvgIpc) is 3.01. The Hall–Kier alpha value is -1.55. The fourth-order valence-electron chi connectivity index (χ4n) is 3.82. The van der Waals surface area contributed by atoms with Crippen LogP contribution in [-0.2, 0) is 0 Å². The summed E-state index contributed by atoms with van der Waals surface area (Å²) >= 11 is 0. The Morgan fingerprint density at radius 2 is 1.90 bits per heavy atom. The summed E-state index contributed by atoms with van der Waals surface area (Å²) in [5, 5.41) is 3.46. The molecule has 2 saturated heterocycles. The topological polar surface area (TPSA) is 35.6 Å². The molecule has 0 bridgehead atoms. The van der Waals surface area contributed by atoms with Crippen molar-refractivity contribution in [2.75, 3.05) is 38.6 Å². The Labute approximate surface area is 127 Å². The molecule has 2 atom stereocenters. The average molecular weight is 287 g/mol. The van der Waals surface area contributed by atoms with Crippen molar-refractivity contribution >= 4 is 11.6 Å². The maximum absolute atomic E-state index is 12.9. The van der Waals surface area contributed by atoms with E-state index in [1.165, 1.54) is 0 Å². The summed E-state index contributed by atoms with van der Waals surface area (Å²) in [4.78, 5) is 17.0. The molecule has 1 aromatic rings. The van der Waals surface area contributed by atoms with Crippen molar-refractivity contribution in [3.05, 3.63) is 29.8 Å². The lowest BCUT2D eigenvalue weighted by atomic mass is 9.84. The Morgan fingerprint density at radius 3 is 2.48 bits per heavy atom. The maximum atomic E-state index is 12.9. The Balaban J connectivity index is 1.82. The number of nitrogens with one attached hydrogen (secondary N) is 1. The number of carbonyl (C=O) groups is 1. The second-order valence-corrected chi connectivity index (χ2v) is 7.04. The Morgan fingerprint density at radius 1 is 1.24 bits per heavy atom. The summed E-state index contributed by atoms with van der Waals surface area (Å²) in [6.07, 6.45) is 0. The molecule has 2 aliphatic heterocycles. The number of fused-ring (bicyclic) bond motifs is 1. The number of hydrogen-bond donors (Lipinski definition) is 1. The van der Waals surface area contributed by atoms with Crippen LogP contribution in [0.5, 0.6) is 0 Å². The van der Waals surface area contributed by atoms with Crippen molar-refractivity contribution in [2.24, 2.45) is 11.8 Å². The lowest BCUT2D eigenvalue weighted by Gasteiger charge is -2.35. The first kappa shape index (κ1) is 14.4. The smallest absolute Gasteiger partial charge is 0.254 e. The van der Waals surface area contributed by atoms with Crippen LogP contribution in [0.2, 0.25) is 0 Å². The van der Waals surface area contributed by atoms with Crippen molar-refractivity contribution < 1.29 is 4.79 Å². The summed E-state index contributed by atoms with van der Waals surface area (Å²) in [5.41, 5.74) is 1.85. The molecule has 0 aromatic heterocycles. The molecule has 2 unspecified atom stereocenters. The van der Waals surface area contributed by atoms with E-state index in [1.54, 1.807) is 0 Å². The number of amides is 1. The molecule has 2 aliphatic rings. The second kappa shape index (κ2) is 5.02. The number of carbonyl (C=O) groups excluding carboxylic acids is 1. The van der Waals surface area contributed by atoms with Gasteiger partial charge in [0.05, 0.1) is 0 Å². The highest BCUT2D eigenvalue weighted by molar-refractivity contribution is 5.95. The van der Waals surface area contributed by atoms with Crippen LogP contribution in [0.4, 0.5) is 5.69 Å². The summed E-state index contributed by atoms with van der Waals surface area (Å²) in [6.45, 7) is 7.35. The largest absolute Gasteiger partial charge is 0.378 e. The first-order chi connectivity index (χ1) is 9.91. The molecule has 3 rings (SSSR count). The number of hydrogen-bond acceptors (Lipinski definition) is 3. The summed E-state index contributed by atoms with van der Waals surface area (Å²) < 4.78 is 0. The predicted octanol–water partition coefficient (Wildman–Crippen LogP) is 1.82. The molecule has 21 heavy (non-hydrogen) atoms. The lowest BCUT2D eigenvalue weighted by molar-refractivity contribution is 0.0603. The zero-order valence-corrected chi connectivity index (χ0v) is 13.4. The van der Waals surface area contributed by atoms with Gasteiger partial charge in [-0.3, -0.25) is 4.79 Å². The third kappa shape index (κ3) is 2.31. The number of rotatable bonds is 2. The fourth-order valence-corrected chi connectivity index (χ4v) is 3.82. The van der Waals surface area contributed by atoms with E-state index < -0.39 is 0 Å². The SMILES string of the molecule is CN(C)c1ccc(C(=O)N2CC3CNCC3C2(C)C)cc1. The molecule has 1 aromatic carbocycles. The highest BCUT2D eigenvalue weighted by Gasteiger charge is 2.51. The predicted molar refractivity (Wildman–Crippen MR) is 85.7 cm³/mol. The minimum atomic E-state index is -0.0640. The van der Waals surface area contributed by atoms with Gasteiger partial charge in [-0.15, -0.1) is 0 Å². The summed E-state index contributed by atoms with van der Waals surface area (Å²) in [6, 6.07) is 7.91. The van der Waals surface area contributed by atoms with E-state index in [0.29, 0.717) is 11.8 Å². The minimum absolute atomic E-state index is 0.0640. The number of anilines is 1. The standard InChI is InChI=1S/C17H25N3O/c1-17(2)15-10-18-9-13(15)11-20(17)16(21)12-5-7-14(8-6-12)19(3)4/h5-8,13,15,18H,9-11H2,1-4H3. The normalized spacial score (nSPS) is 26.8. The van der Waals surface area contributed by atoms with Crippen molar-refractivity contribution in [1.29, 1.82) is 0 Å². The van der Waals surface area contributed by atoms with E-state index in [-0.39, 0.29) is 11.4 Å². The molecule has 0 aliphatic carbocycles. The molecule has 1 amide bonds. The second-order valence-electron chi connectivity index (χ2n) is 7.04. The van der Waals surface area contributed by atoms with Gasteiger partial charge in [0.15, 0.2) is 0 Å². The van der Waals surface area contributed by atoms with Crippen molar-refractivity contribution in [2.45, 2.75) is 19.4 Å². The molecule has 114 valence electrons. The third-order valence-corrected chi connectivity index (χ3v) is 5.24. The van der Waals surface area contributed by atoms with E-state index in [1.807, 2.05) is 43.3 Å². The van der Waals surface area contributed by atoms with Crippen LogP contribution < -0.4 is 10.2 Å². The first-order valence-corrected chi connectivity index (χ1v) is 7.71. The Bertz CT molecular complexity index is 535. The van der Waals surface area contributed by atoms with Crippen molar-refractivity contribution in [1.82, 2.24) is 10.2 Å². The zero-order valence-electron chi connectivity index (χ0n) is 13.4. The summed E-state index contributed by atoms with van der Waals surface area (Å²) in [7, 11) is 4.02. The molecule has 1 N–H and O–H groups in total. The molecule has 2 heterocycles. The van der Waals surface area contributed by atoms with Crippen molar-refractivity contribution in [3.8, 4) is 0 Å². The molecular formula is C17H25N3O. The maximum Gasteiger partial charge on any atom is 0.254 e. The van der Waals surface area contributed by atoms with Gasteiger partial charge in [-0.25, -0.2) is 0 Å². The van der Waals surface area contributed by atoms with Crippen molar-refractivity contribution in [3.63, 3.8) is 0 Å². The molecular weight excluding hydrogens is 262 g/mol. The van der Waals surface area contributed by atoms with Crippen LogP contribution >= 0.6 is 0 Å². The molecule has 0 saturated carbocycles. The van der Waals surface area contributed by atoms with E-state index in [0.717, 1.165) is 30.9 Å². The highest BCUT2D eigenvalue weighted by Crippen LogP contribution is 2.41. The molecule has 0 spiro atoms. The zero-order chi connectivity index (χ0) is 15.2. The van der Waals surface area contributed by atoms with Gasteiger partial charge >= 0.3 is 0 Å². The van der Waals surface area contributed by atoms with Gasteiger partial charge in [-0.2, -0.15) is 0 Å². The third-order valence-electron chi connectivity index (χ3n) is 5.24. The van der Waals surface area contributed by atoms with E-state index in [9.17, 15) is 4.79 Å². The van der Waals surface area contributed by atoms with Gasteiger partial charge < -0.3 is 15.1 Å². The van der Waals surface area contributed by atoms with Crippen LogP contribution in [0.15, 0.2) is 24.3 Å². The van der Waals surface area contributed by atoms with Crippen LogP contribution in [0.1, 0.15) is 24.2 Å². The van der Waals surface area contributed by atoms with Crippen LogP contribution in [0, 0.1) is 11.8 Å². The van der Waals surface area contributed by atoms with Gasteiger partial charge in [-0.05, 0) is 49.9 Å². The van der Waals surface area contributed by atoms with Gasteiger partial charge in [0.2, 0.25) is 0 Å². The number of nitrogens with zero attached hydrogens (tertiary/aromatic N) is 2. The highest BCUT2D eigenvalue weighted by atomic mass is 16.2. The monoisotopic (exact) mass is 287 g/mol. The van der Waals surface area contributed by atoms with Crippen LogP contribution in [0.3, 0.4) is 0 Å². The van der Waals surface area contributed by atoms with Crippen LogP contribution in [-0.4, -0.2) is 50.1 Å². The molecule has 0 radical (unpaired) electrons. The van der Waals surface area contributed by atoms with Crippen LogP contribution in [0.25, 0.3) is 0 Å².